The molecule has 0 saturated heterocycles. The molecule has 4 rings (SSSR count). The molecule has 34 heavy (non-hydrogen) atoms. The van der Waals surface area contributed by atoms with Crippen molar-refractivity contribution in [1.29, 1.82) is 0 Å². The van der Waals surface area contributed by atoms with Crippen LogP contribution >= 0.6 is 11.6 Å². The van der Waals surface area contributed by atoms with Crippen LogP contribution in [0.4, 0.5) is 11.4 Å². The molecule has 1 amide bonds. The van der Waals surface area contributed by atoms with Crippen molar-refractivity contribution in [1.82, 2.24) is 0 Å². The molecule has 0 heterocycles. The molecular formula is C26H23ClN2O4S. The molecule has 0 saturated carbocycles. The lowest BCUT2D eigenvalue weighted by atomic mass is 10.1. The minimum atomic E-state index is -3.82. The fourth-order valence-electron chi connectivity index (χ4n) is 3.36. The predicted octanol–water partition coefficient (Wildman–Crippen LogP) is 6.09. The molecule has 8 heteroatoms. The Bertz CT molecular complexity index is 1430. The number of anilines is 2. The number of ether oxygens (including phenoxy) is 1. The zero-order valence-corrected chi connectivity index (χ0v) is 20.2. The minimum Gasteiger partial charge on any atom is -0.478 e. The number of hydrogen-bond acceptors (Lipinski definition) is 4. The van der Waals surface area contributed by atoms with Crippen molar-refractivity contribution in [2.45, 2.75) is 24.3 Å². The second-order valence-electron chi connectivity index (χ2n) is 8.18. The summed E-state index contributed by atoms with van der Waals surface area (Å²) in [6.07, 6.45) is 0. The molecule has 174 valence electrons. The maximum atomic E-state index is 12.9. The van der Waals surface area contributed by atoms with Crippen LogP contribution in [0, 0.1) is 0 Å². The summed E-state index contributed by atoms with van der Waals surface area (Å²) in [6, 6.07) is 25.6. The van der Waals surface area contributed by atoms with Crippen LogP contribution in [-0.4, -0.2) is 19.9 Å². The molecule has 0 aromatic heterocycles. The van der Waals surface area contributed by atoms with Crippen molar-refractivity contribution in [3.8, 4) is 5.75 Å². The van der Waals surface area contributed by atoms with Crippen LogP contribution < -0.4 is 14.8 Å². The van der Waals surface area contributed by atoms with Crippen LogP contribution in [0.1, 0.15) is 13.8 Å². The molecule has 4 aromatic rings. The number of nitrogens with one attached hydrogen (secondary N) is 2. The SMILES string of the molecule is CC(C)(Oc1ccc(Cl)cc1)C(=O)Nc1ccc(S(=O)(=O)Nc2cccc3ccccc23)cc1. The molecule has 0 aliphatic rings. The molecule has 0 fully saturated rings. The summed E-state index contributed by atoms with van der Waals surface area (Å²) in [7, 11) is -3.82. The number of sulfonamides is 1. The van der Waals surface area contributed by atoms with Gasteiger partial charge in [0.2, 0.25) is 0 Å². The van der Waals surface area contributed by atoms with E-state index >= 15 is 0 Å². The first-order valence-electron chi connectivity index (χ1n) is 10.5. The number of carbonyl (C=O) groups is 1. The zero-order chi connectivity index (χ0) is 24.3. The van der Waals surface area contributed by atoms with Gasteiger partial charge in [0.1, 0.15) is 5.75 Å². The molecule has 0 atom stereocenters. The van der Waals surface area contributed by atoms with Crippen molar-refractivity contribution in [2.75, 3.05) is 10.0 Å². The number of carbonyl (C=O) groups excluding carboxylic acids is 1. The Kier molecular flexibility index (Phi) is 6.50. The Labute approximate surface area is 203 Å². The maximum absolute atomic E-state index is 12.9. The highest BCUT2D eigenvalue weighted by Gasteiger charge is 2.30. The van der Waals surface area contributed by atoms with Crippen LogP contribution in [0.25, 0.3) is 10.8 Å². The van der Waals surface area contributed by atoms with Gasteiger partial charge in [-0.1, -0.05) is 48.0 Å². The maximum Gasteiger partial charge on any atom is 0.267 e. The lowest BCUT2D eigenvalue weighted by Crippen LogP contribution is -2.42. The van der Waals surface area contributed by atoms with E-state index in [1.54, 1.807) is 50.2 Å². The summed E-state index contributed by atoms with van der Waals surface area (Å²) >= 11 is 5.89. The highest BCUT2D eigenvalue weighted by molar-refractivity contribution is 7.92. The third-order valence-electron chi connectivity index (χ3n) is 5.19. The smallest absolute Gasteiger partial charge is 0.267 e. The van der Waals surface area contributed by atoms with Gasteiger partial charge in [-0.15, -0.1) is 0 Å². The van der Waals surface area contributed by atoms with Crippen LogP contribution in [0.5, 0.6) is 5.75 Å². The number of rotatable bonds is 7. The first-order chi connectivity index (χ1) is 16.1. The first-order valence-corrected chi connectivity index (χ1v) is 12.4. The van der Waals surface area contributed by atoms with E-state index in [4.69, 9.17) is 16.3 Å². The van der Waals surface area contributed by atoms with Crippen molar-refractivity contribution in [3.63, 3.8) is 0 Å². The molecule has 0 radical (unpaired) electrons. The molecule has 0 aliphatic carbocycles. The normalized spacial score (nSPS) is 11.7. The van der Waals surface area contributed by atoms with Gasteiger partial charge >= 0.3 is 0 Å². The molecule has 0 bridgehead atoms. The molecular weight excluding hydrogens is 472 g/mol. The Hall–Kier alpha value is -3.55. The molecule has 2 N–H and O–H groups in total. The van der Waals surface area contributed by atoms with Crippen LogP contribution in [0.3, 0.4) is 0 Å². The average molecular weight is 495 g/mol. The topological polar surface area (TPSA) is 84.5 Å². The summed E-state index contributed by atoms with van der Waals surface area (Å²) in [5.74, 6) is 0.123. The number of fused-ring (bicyclic) bond motifs is 1. The average Bonchev–Trinajstić information content (AvgIpc) is 2.81. The van der Waals surface area contributed by atoms with Crippen molar-refractivity contribution < 1.29 is 17.9 Å². The lowest BCUT2D eigenvalue weighted by Gasteiger charge is -2.25. The third-order valence-corrected chi connectivity index (χ3v) is 6.82. The van der Waals surface area contributed by atoms with Gasteiger partial charge in [0.25, 0.3) is 15.9 Å². The highest BCUT2D eigenvalue weighted by Crippen LogP contribution is 2.27. The van der Waals surface area contributed by atoms with E-state index in [2.05, 4.69) is 10.0 Å². The number of amides is 1. The Morgan fingerprint density at radius 2 is 1.50 bits per heavy atom. The van der Waals surface area contributed by atoms with E-state index in [9.17, 15) is 13.2 Å². The molecule has 4 aromatic carbocycles. The predicted molar refractivity (Wildman–Crippen MR) is 136 cm³/mol. The summed E-state index contributed by atoms with van der Waals surface area (Å²) in [5.41, 5.74) is -0.229. The summed E-state index contributed by atoms with van der Waals surface area (Å²) in [6.45, 7) is 3.29. The molecule has 0 unspecified atom stereocenters. The van der Waals surface area contributed by atoms with Gasteiger partial charge in [-0.3, -0.25) is 9.52 Å². The van der Waals surface area contributed by atoms with Gasteiger partial charge in [0.05, 0.1) is 10.6 Å². The minimum absolute atomic E-state index is 0.0788. The van der Waals surface area contributed by atoms with Crippen molar-refractivity contribution in [3.05, 3.63) is 96.0 Å². The van der Waals surface area contributed by atoms with Crippen molar-refractivity contribution >= 4 is 49.7 Å². The lowest BCUT2D eigenvalue weighted by molar-refractivity contribution is -0.128. The van der Waals surface area contributed by atoms with Crippen LogP contribution in [-0.2, 0) is 14.8 Å². The Morgan fingerprint density at radius 1 is 0.853 bits per heavy atom. The third kappa shape index (κ3) is 5.32. The Balaban J connectivity index is 1.46. The number of benzene rings is 4. The van der Waals surface area contributed by atoms with Gasteiger partial charge < -0.3 is 10.1 Å². The van der Waals surface area contributed by atoms with Gasteiger partial charge in [0, 0.05) is 16.1 Å². The van der Waals surface area contributed by atoms with Crippen molar-refractivity contribution in [2.24, 2.45) is 0 Å². The fourth-order valence-corrected chi connectivity index (χ4v) is 4.57. The summed E-state index contributed by atoms with van der Waals surface area (Å²) < 4.78 is 34.3. The monoisotopic (exact) mass is 494 g/mol. The van der Waals surface area contributed by atoms with E-state index in [0.29, 0.717) is 22.1 Å². The largest absolute Gasteiger partial charge is 0.478 e. The Morgan fingerprint density at radius 3 is 2.21 bits per heavy atom. The van der Waals surface area contributed by atoms with Crippen LogP contribution in [0.15, 0.2) is 95.9 Å². The molecule has 0 spiro atoms. The first kappa shape index (κ1) is 23.6. The van der Waals surface area contributed by atoms with E-state index in [0.717, 1.165) is 10.8 Å². The van der Waals surface area contributed by atoms with Gasteiger partial charge in [-0.25, -0.2) is 8.42 Å². The van der Waals surface area contributed by atoms with E-state index < -0.39 is 15.6 Å². The quantitative estimate of drug-likeness (QED) is 0.325. The standard InChI is InChI=1S/C26H23ClN2O4S/c1-26(2,33-21-14-10-19(27)11-15-21)25(30)28-20-12-16-22(17-13-20)34(31,32)29-24-9-5-7-18-6-3-4-8-23(18)24/h3-17,29H,1-2H3,(H,28,30). The van der Waals surface area contributed by atoms with Crippen LogP contribution in [0.2, 0.25) is 5.02 Å². The van der Waals surface area contributed by atoms with E-state index in [1.807, 2.05) is 30.3 Å². The van der Waals surface area contributed by atoms with Gasteiger partial charge in [0.15, 0.2) is 5.60 Å². The van der Waals surface area contributed by atoms with Gasteiger partial charge in [-0.05, 0) is 73.8 Å². The summed E-state index contributed by atoms with van der Waals surface area (Å²) in [5, 5.41) is 5.07. The summed E-state index contributed by atoms with van der Waals surface area (Å²) in [4.78, 5) is 12.8. The molecule has 6 nitrogen and oxygen atoms in total. The highest BCUT2D eigenvalue weighted by atomic mass is 35.5. The number of hydrogen-bond donors (Lipinski definition) is 2. The fraction of sp³-hybridized carbons (Fsp3) is 0.115. The number of halogens is 1. The second kappa shape index (κ2) is 9.37. The molecule has 0 aliphatic heterocycles. The van der Waals surface area contributed by atoms with E-state index in [-0.39, 0.29) is 10.8 Å². The van der Waals surface area contributed by atoms with E-state index in [1.165, 1.54) is 24.3 Å². The second-order valence-corrected chi connectivity index (χ2v) is 10.3. The zero-order valence-electron chi connectivity index (χ0n) is 18.6. The van der Waals surface area contributed by atoms with Gasteiger partial charge in [-0.2, -0.15) is 0 Å².